The van der Waals surface area contributed by atoms with E-state index in [0.717, 1.165) is 27.5 Å². The van der Waals surface area contributed by atoms with E-state index in [0.29, 0.717) is 6.04 Å². The summed E-state index contributed by atoms with van der Waals surface area (Å²) in [5.41, 5.74) is 5.04. The molecule has 1 N–H and O–H groups in total. The molecule has 1 aliphatic rings. The second kappa shape index (κ2) is 5.53. The summed E-state index contributed by atoms with van der Waals surface area (Å²) < 4.78 is 4.20. The van der Waals surface area contributed by atoms with E-state index >= 15 is 0 Å². The third-order valence-electron chi connectivity index (χ3n) is 3.88. The zero-order valence-corrected chi connectivity index (χ0v) is 14.8. The standard InChI is InChI=1S/C15H17Br2N3/c1-9-6-11(16)15(12(17)7-9)19-13-4-3-5-14-10(13)8-18-20(14)2/h6-8,13,19H,3-5H2,1-2H3. The molecule has 20 heavy (non-hydrogen) atoms. The molecule has 0 fully saturated rings. The maximum absolute atomic E-state index is 4.40. The molecule has 1 unspecified atom stereocenters. The minimum atomic E-state index is 0.336. The van der Waals surface area contributed by atoms with Crippen molar-refractivity contribution in [3.05, 3.63) is 44.1 Å². The highest BCUT2D eigenvalue weighted by molar-refractivity contribution is 9.11. The monoisotopic (exact) mass is 397 g/mol. The number of benzene rings is 1. The van der Waals surface area contributed by atoms with Crippen LogP contribution in [0.1, 0.15) is 35.7 Å². The highest BCUT2D eigenvalue weighted by atomic mass is 79.9. The summed E-state index contributed by atoms with van der Waals surface area (Å²) in [7, 11) is 2.03. The van der Waals surface area contributed by atoms with Crippen molar-refractivity contribution in [3.8, 4) is 0 Å². The van der Waals surface area contributed by atoms with Gasteiger partial charge >= 0.3 is 0 Å². The number of nitrogens with zero attached hydrogens (tertiary/aromatic N) is 2. The van der Waals surface area contributed by atoms with Crippen molar-refractivity contribution in [3.63, 3.8) is 0 Å². The lowest BCUT2D eigenvalue weighted by Crippen LogP contribution is -2.18. The molecule has 3 rings (SSSR count). The lowest BCUT2D eigenvalue weighted by Gasteiger charge is -2.26. The van der Waals surface area contributed by atoms with Crippen molar-refractivity contribution >= 4 is 37.5 Å². The van der Waals surface area contributed by atoms with Crippen LogP contribution < -0.4 is 5.32 Å². The van der Waals surface area contributed by atoms with Gasteiger partial charge in [0.2, 0.25) is 0 Å². The Morgan fingerprint density at radius 2 is 2.00 bits per heavy atom. The quantitative estimate of drug-likeness (QED) is 0.791. The number of hydrogen-bond acceptors (Lipinski definition) is 2. The van der Waals surface area contributed by atoms with E-state index in [1.807, 2.05) is 17.9 Å². The second-order valence-electron chi connectivity index (χ2n) is 5.36. The van der Waals surface area contributed by atoms with Gasteiger partial charge < -0.3 is 5.32 Å². The Kier molecular flexibility index (Phi) is 3.91. The van der Waals surface area contributed by atoms with E-state index in [1.54, 1.807) is 0 Å². The summed E-state index contributed by atoms with van der Waals surface area (Å²) in [6.45, 7) is 2.10. The Bertz CT molecular complexity index is 626. The Hall–Kier alpha value is -0.810. The van der Waals surface area contributed by atoms with Crippen LogP contribution in [0.25, 0.3) is 0 Å². The SMILES string of the molecule is Cc1cc(Br)c(NC2CCCc3c2cnn3C)c(Br)c1. The molecule has 0 aliphatic heterocycles. The number of halogens is 2. The maximum Gasteiger partial charge on any atom is 0.0634 e. The highest BCUT2D eigenvalue weighted by Crippen LogP contribution is 2.38. The van der Waals surface area contributed by atoms with Crippen molar-refractivity contribution in [1.82, 2.24) is 9.78 Å². The van der Waals surface area contributed by atoms with Crippen LogP contribution in [-0.4, -0.2) is 9.78 Å². The van der Waals surface area contributed by atoms with Crippen LogP contribution in [0.2, 0.25) is 0 Å². The van der Waals surface area contributed by atoms with Crippen LogP contribution in [0.5, 0.6) is 0 Å². The summed E-state index contributed by atoms with van der Waals surface area (Å²) in [6, 6.07) is 4.61. The fourth-order valence-electron chi connectivity index (χ4n) is 2.87. The summed E-state index contributed by atoms with van der Waals surface area (Å²) in [5, 5.41) is 8.07. The van der Waals surface area contributed by atoms with Crippen LogP contribution in [0.15, 0.2) is 27.3 Å². The average Bonchev–Trinajstić information content (AvgIpc) is 2.77. The van der Waals surface area contributed by atoms with Crippen molar-refractivity contribution < 1.29 is 0 Å². The molecule has 2 aromatic rings. The summed E-state index contributed by atoms with van der Waals surface area (Å²) >= 11 is 7.31. The van der Waals surface area contributed by atoms with Gasteiger partial charge in [0.25, 0.3) is 0 Å². The van der Waals surface area contributed by atoms with Crippen molar-refractivity contribution in [2.24, 2.45) is 7.05 Å². The normalized spacial score (nSPS) is 17.9. The van der Waals surface area contributed by atoms with Crippen molar-refractivity contribution in [2.75, 3.05) is 5.32 Å². The molecule has 0 radical (unpaired) electrons. The fraction of sp³-hybridized carbons (Fsp3) is 0.400. The first-order chi connectivity index (χ1) is 9.56. The molecule has 3 nitrogen and oxygen atoms in total. The molecule has 0 bridgehead atoms. The topological polar surface area (TPSA) is 29.9 Å². The van der Waals surface area contributed by atoms with Crippen molar-refractivity contribution in [1.29, 1.82) is 0 Å². The molecule has 1 aromatic heterocycles. The van der Waals surface area contributed by atoms with E-state index in [2.05, 4.69) is 61.3 Å². The van der Waals surface area contributed by atoms with Gasteiger partial charge in [-0.05, 0) is 75.7 Å². The zero-order valence-electron chi connectivity index (χ0n) is 11.6. The number of hydrogen-bond donors (Lipinski definition) is 1. The lowest BCUT2D eigenvalue weighted by molar-refractivity contribution is 0.571. The van der Waals surface area contributed by atoms with E-state index in [-0.39, 0.29) is 0 Å². The molecule has 0 spiro atoms. The number of rotatable bonds is 2. The summed E-state index contributed by atoms with van der Waals surface area (Å²) in [4.78, 5) is 0. The predicted octanol–water partition coefficient (Wildman–Crippen LogP) is 4.74. The minimum Gasteiger partial charge on any atom is -0.376 e. The molecule has 0 saturated carbocycles. The predicted molar refractivity (Wildman–Crippen MR) is 89.1 cm³/mol. The summed E-state index contributed by atoms with van der Waals surface area (Å²) in [6.07, 6.45) is 5.47. The van der Waals surface area contributed by atoms with E-state index in [9.17, 15) is 0 Å². The van der Waals surface area contributed by atoms with Crippen LogP contribution in [0.4, 0.5) is 5.69 Å². The molecule has 5 heteroatoms. The molecule has 1 atom stereocenters. The molecule has 0 amide bonds. The molecule has 0 saturated heterocycles. The van der Waals surface area contributed by atoms with Crippen molar-refractivity contribution in [2.45, 2.75) is 32.2 Å². The maximum atomic E-state index is 4.40. The smallest absolute Gasteiger partial charge is 0.0634 e. The Morgan fingerprint density at radius 1 is 1.30 bits per heavy atom. The lowest BCUT2D eigenvalue weighted by atomic mass is 9.93. The second-order valence-corrected chi connectivity index (χ2v) is 7.07. The summed E-state index contributed by atoms with van der Waals surface area (Å²) in [5.74, 6) is 0. The molecule has 1 heterocycles. The zero-order chi connectivity index (χ0) is 14.3. The number of anilines is 1. The van der Waals surface area contributed by atoms with Crippen LogP contribution in [-0.2, 0) is 13.5 Å². The minimum absolute atomic E-state index is 0.336. The fourth-order valence-corrected chi connectivity index (χ4v) is 4.51. The van der Waals surface area contributed by atoms with Gasteiger partial charge in [-0.25, -0.2) is 0 Å². The molecule has 1 aliphatic carbocycles. The molecular weight excluding hydrogens is 382 g/mol. The number of aryl methyl sites for hydroxylation is 2. The Balaban J connectivity index is 1.93. The molecular formula is C15H17Br2N3. The Morgan fingerprint density at radius 3 is 2.70 bits per heavy atom. The number of aromatic nitrogens is 2. The van der Waals surface area contributed by atoms with Gasteiger partial charge in [0.15, 0.2) is 0 Å². The number of fused-ring (bicyclic) bond motifs is 1. The molecule has 106 valence electrons. The van der Waals surface area contributed by atoms with E-state index < -0.39 is 0 Å². The van der Waals surface area contributed by atoms with Gasteiger partial charge in [-0.3, -0.25) is 4.68 Å². The van der Waals surface area contributed by atoms with Crippen LogP contribution in [0, 0.1) is 6.92 Å². The van der Waals surface area contributed by atoms with Gasteiger partial charge in [-0.15, -0.1) is 0 Å². The van der Waals surface area contributed by atoms with Gasteiger partial charge in [0, 0.05) is 27.3 Å². The average molecular weight is 399 g/mol. The third-order valence-corrected chi connectivity index (χ3v) is 5.13. The van der Waals surface area contributed by atoms with Gasteiger partial charge in [-0.1, -0.05) is 0 Å². The number of nitrogens with one attached hydrogen (secondary N) is 1. The van der Waals surface area contributed by atoms with E-state index in [4.69, 9.17) is 0 Å². The highest BCUT2D eigenvalue weighted by Gasteiger charge is 2.24. The third kappa shape index (κ3) is 2.53. The van der Waals surface area contributed by atoms with Crippen LogP contribution in [0.3, 0.4) is 0 Å². The van der Waals surface area contributed by atoms with Gasteiger partial charge in [-0.2, -0.15) is 5.10 Å². The first kappa shape index (κ1) is 14.1. The van der Waals surface area contributed by atoms with Gasteiger partial charge in [0.05, 0.1) is 17.9 Å². The Labute approximate surface area is 136 Å². The van der Waals surface area contributed by atoms with Crippen LogP contribution >= 0.6 is 31.9 Å². The first-order valence-electron chi connectivity index (χ1n) is 6.79. The largest absolute Gasteiger partial charge is 0.376 e. The van der Waals surface area contributed by atoms with E-state index in [1.165, 1.54) is 23.2 Å². The molecule has 1 aromatic carbocycles. The van der Waals surface area contributed by atoms with Gasteiger partial charge in [0.1, 0.15) is 0 Å². The first-order valence-corrected chi connectivity index (χ1v) is 8.38.